The van der Waals surface area contributed by atoms with Crippen molar-refractivity contribution < 1.29 is 14.6 Å². The Bertz CT molecular complexity index is 205. The molecular weight excluding hydrogens is 180 g/mol. The fourth-order valence-electron chi connectivity index (χ4n) is 1.55. The normalized spacial score (nSPS) is 22.4. The Balaban J connectivity index is 2.39. The molecule has 3 heteroatoms. The van der Waals surface area contributed by atoms with Gasteiger partial charge in [0.25, 0.3) is 0 Å². The molecule has 1 N–H and O–H groups in total. The summed E-state index contributed by atoms with van der Waals surface area (Å²) in [5.74, 6) is 0.328. The van der Waals surface area contributed by atoms with Crippen LogP contribution in [0.3, 0.4) is 0 Å². The van der Waals surface area contributed by atoms with Gasteiger partial charge >= 0.3 is 0 Å². The molecule has 1 aliphatic rings. The van der Waals surface area contributed by atoms with Crippen LogP contribution in [-0.2, 0) is 9.53 Å². The van der Waals surface area contributed by atoms with E-state index in [9.17, 15) is 9.90 Å². The van der Waals surface area contributed by atoms with E-state index in [1.165, 1.54) is 0 Å². The van der Waals surface area contributed by atoms with E-state index >= 15 is 0 Å². The highest BCUT2D eigenvalue weighted by Crippen LogP contribution is 2.30. The van der Waals surface area contributed by atoms with Crippen LogP contribution in [0.15, 0.2) is 0 Å². The molecule has 14 heavy (non-hydrogen) atoms. The lowest BCUT2D eigenvalue weighted by Crippen LogP contribution is -2.39. The Hall–Kier alpha value is -0.410. The van der Waals surface area contributed by atoms with Gasteiger partial charge in [-0.3, -0.25) is 4.79 Å². The van der Waals surface area contributed by atoms with Gasteiger partial charge in [0, 0.05) is 12.8 Å². The fourth-order valence-corrected chi connectivity index (χ4v) is 1.55. The molecule has 1 aliphatic carbocycles. The Labute approximate surface area is 85.5 Å². The molecule has 0 spiro atoms. The van der Waals surface area contributed by atoms with Crippen LogP contribution in [0.25, 0.3) is 0 Å². The largest absolute Gasteiger partial charge is 0.388 e. The fraction of sp³-hybridized carbons (Fsp3) is 0.909. The van der Waals surface area contributed by atoms with Gasteiger partial charge in [-0.15, -0.1) is 0 Å². The first-order chi connectivity index (χ1) is 6.31. The van der Waals surface area contributed by atoms with Crippen molar-refractivity contribution >= 4 is 5.78 Å². The van der Waals surface area contributed by atoms with Crippen LogP contribution in [0.2, 0.25) is 0 Å². The maximum absolute atomic E-state index is 11.0. The van der Waals surface area contributed by atoms with Gasteiger partial charge in [0.1, 0.15) is 5.78 Å². The van der Waals surface area contributed by atoms with E-state index in [-0.39, 0.29) is 5.60 Å². The van der Waals surface area contributed by atoms with Crippen molar-refractivity contribution in [2.75, 3.05) is 6.61 Å². The number of hydrogen-bond acceptors (Lipinski definition) is 3. The first-order valence-corrected chi connectivity index (χ1v) is 5.19. The summed E-state index contributed by atoms with van der Waals surface area (Å²) in [5, 5.41) is 9.52. The standard InChI is InChI=1S/C11H20O3/c1-10(2,13)8-14-11(3)6-4-9(12)5-7-11/h13H,4-8H2,1-3H3. The Morgan fingerprint density at radius 3 is 2.36 bits per heavy atom. The topological polar surface area (TPSA) is 46.5 Å². The average molecular weight is 200 g/mol. The van der Waals surface area contributed by atoms with Gasteiger partial charge in [0.15, 0.2) is 0 Å². The summed E-state index contributed by atoms with van der Waals surface area (Å²) in [6.45, 7) is 5.80. The molecule has 3 nitrogen and oxygen atoms in total. The molecule has 0 aromatic heterocycles. The SMILES string of the molecule is CC(C)(O)COC1(C)CCC(=O)CC1. The molecule has 0 aromatic carbocycles. The van der Waals surface area contributed by atoms with Crippen LogP contribution in [0.1, 0.15) is 46.5 Å². The van der Waals surface area contributed by atoms with Crippen molar-refractivity contribution in [1.82, 2.24) is 0 Å². The number of ketones is 1. The lowest BCUT2D eigenvalue weighted by Gasteiger charge is -2.35. The third-order valence-electron chi connectivity index (χ3n) is 2.64. The second kappa shape index (κ2) is 3.99. The van der Waals surface area contributed by atoms with E-state index in [1.54, 1.807) is 13.8 Å². The quantitative estimate of drug-likeness (QED) is 0.754. The molecule has 1 rings (SSSR count). The first-order valence-electron chi connectivity index (χ1n) is 5.19. The summed E-state index contributed by atoms with van der Waals surface area (Å²) in [4.78, 5) is 11.0. The van der Waals surface area contributed by atoms with Gasteiger partial charge in [0.05, 0.1) is 17.8 Å². The third-order valence-corrected chi connectivity index (χ3v) is 2.64. The average Bonchev–Trinajstić information content (AvgIpc) is 2.07. The van der Waals surface area contributed by atoms with Crippen molar-refractivity contribution in [1.29, 1.82) is 0 Å². The molecule has 0 atom stereocenters. The first kappa shape index (κ1) is 11.7. The molecule has 0 radical (unpaired) electrons. The second-order valence-corrected chi connectivity index (χ2v) is 5.09. The Morgan fingerprint density at radius 1 is 1.43 bits per heavy atom. The van der Waals surface area contributed by atoms with Crippen LogP contribution in [0.5, 0.6) is 0 Å². The summed E-state index contributed by atoms with van der Waals surface area (Å²) in [7, 11) is 0. The number of hydrogen-bond donors (Lipinski definition) is 1. The molecule has 0 saturated heterocycles. The van der Waals surface area contributed by atoms with Crippen LogP contribution in [0.4, 0.5) is 0 Å². The van der Waals surface area contributed by atoms with E-state index in [4.69, 9.17) is 4.74 Å². The summed E-state index contributed by atoms with van der Waals surface area (Å²) in [6.07, 6.45) is 2.79. The zero-order valence-electron chi connectivity index (χ0n) is 9.30. The minimum Gasteiger partial charge on any atom is -0.388 e. The van der Waals surface area contributed by atoms with Crippen molar-refractivity contribution in [2.45, 2.75) is 57.7 Å². The monoisotopic (exact) mass is 200 g/mol. The maximum atomic E-state index is 11.0. The smallest absolute Gasteiger partial charge is 0.133 e. The zero-order chi connectivity index (χ0) is 10.8. The summed E-state index contributed by atoms with van der Waals surface area (Å²) >= 11 is 0. The number of aliphatic hydroxyl groups is 1. The van der Waals surface area contributed by atoms with Gasteiger partial charge < -0.3 is 9.84 Å². The van der Waals surface area contributed by atoms with E-state index in [0.717, 1.165) is 12.8 Å². The number of carbonyl (C=O) groups is 1. The second-order valence-electron chi connectivity index (χ2n) is 5.09. The molecule has 0 aliphatic heterocycles. The van der Waals surface area contributed by atoms with Crippen molar-refractivity contribution in [3.8, 4) is 0 Å². The highest BCUT2D eigenvalue weighted by molar-refractivity contribution is 5.79. The molecule has 82 valence electrons. The highest BCUT2D eigenvalue weighted by Gasteiger charge is 2.32. The van der Waals surface area contributed by atoms with E-state index in [1.807, 2.05) is 6.92 Å². The van der Waals surface area contributed by atoms with Gasteiger partial charge in [-0.05, 0) is 33.6 Å². The van der Waals surface area contributed by atoms with Crippen LogP contribution in [-0.4, -0.2) is 28.7 Å². The summed E-state index contributed by atoms with van der Waals surface area (Å²) < 4.78 is 5.68. The summed E-state index contributed by atoms with van der Waals surface area (Å²) in [6, 6.07) is 0. The van der Waals surface area contributed by atoms with Gasteiger partial charge in [-0.25, -0.2) is 0 Å². The minimum absolute atomic E-state index is 0.214. The van der Waals surface area contributed by atoms with E-state index in [2.05, 4.69) is 0 Å². The predicted molar refractivity (Wildman–Crippen MR) is 54.1 cm³/mol. The number of carbonyl (C=O) groups excluding carboxylic acids is 1. The number of Topliss-reactive ketones (excluding diaryl/α,β-unsaturated/α-hetero) is 1. The lowest BCUT2D eigenvalue weighted by atomic mass is 9.85. The summed E-state index contributed by atoms with van der Waals surface area (Å²) in [5.41, 5.74) is -1.00. The third kappa shape index (κ3) is 3.76. The van der Waals surface area contributed by atoms with Crippen LogP contribution < -0.4 is 0 Å². The molecule has 0 unspecified atom stereocenters. The number of ether oxygens (including phenoxy) is 1. The van der Waals surface area contributed by atoms with Crippen LogP contribution >= 0.6 is 0 Å². The molecule has 1 saturated carbocycles. The molecule has 0 aromatic rings. The molecule has 1 fully saturated rings. The zero-order valence-corrected chi connectivity index (χ0v) is 9.30. The van der Waals surface area contributed by atoms with Gasteiger partial charge in [0.2, 0.25) is 0 Å². The Kier molecular flexibility index (Phi) is 3.32. The highest BCUT2D eigenvalue weighted by atomic mass is 16.5. The predicted octanol–water partition coefficient (Wildman–Crippen LogP) is 1.68. The minimum atomic E-state index is -0.787. The molecule has 0 amide bonds. The molecule has 0 heterocycles. The lowest BCUT2D eigenvalue weighted by molar-refractivity contribution is -0.136. The molecule has 0 bridgehead atoms. The van der Waals surface area contributed by atoms with Gasteiger partial charge in [-0.1, -0.05) is 0 Å². The van der Waals surface area contributed by atoms with E-state index in [0.29, 0.717) is 25.2 Å². The maximum Gasteiger partial charge on any atom is 0.133 e. The van der Waals surface area contributed by atoms with E-state index < -0.39 is 5.60 Å². The van der Waals surface area contributed by atoms with Crippen LogP contribution in [0, 0.1) is 0 Å². The van der Waals surface area contributed by atoms with Crippen molar-refractivity contribution in [2.24, 2.45) is 0 Å². The van der Waals surface area contributed by atoms with Crippen molar-refractivity contribution in [3.63, 3.8) is 0 Å². The number of rotatable bonds is 3. The Morgan fingerprint density at radius 2 is 1.93 bits per heavy atom. The van der Waals surface area contributed by atoms with Crippen molar-refractivity contribution in [3.05, 3.63) is 0 Å². The van der Waals surface area contributed by atoms with Gasteiger partial charge in [-0.2, -0.15) is 0 Å². The molecular formula is C11H20O3.